The minimum atomic E-state index is 0.333. The zero-order valence-electron chi connectivity index (χ0n) is 17.1. The third-order valence-corrected chi connectivity index (χ3v) is 4.33. The molecule has 150 valence electrons. The van der Waals surface area contributed by atoms with E-state index in [1.165, 1.54) is 0 Å². The summed E-state index contributed by atoms with van der Waals surface area (Å²) in [5, 5.41) is 12.9. The van der Waals surface area contributed by atoms with Crippen molar-refractivity contribution in [2.45, 2.75) is 26.9 Å². The largest absolute Gasteiger partial charge is 0.496 e. The lowest BCUT2D eigenvalue weighted by molar-refractivity contribution is 0.295. The summed E-state index contributed by atoms with van der Waals surface area (Å²) in [6.45, 7) is 5.31. The van der Waals surface area contributed by atoms with E-state index < -0.39 is 0 Å². The van der Waals surface area contributed by atoms with Crippen LogP contribution in [0.3, 0.4) is 0 Å². The summed E-state index contributed by atoms with van der Waals surface area (Å²) in [7, 11) is 3.42. The first kappa shape index (κ1) is 21.3. The molecule has 0 spiro atoms. The number of hydrogen-bond donors (Lipinski definition) is 3. The maximum absolute atomic E-state index is 8.19. The molecule has 28 heavy (non-hydrogen) atoms. The van der Waals surface area contributed by atoms with Gasteiger partial charge in [-0.05, 0) is 67.1 Å². The molecular formula is C22H30N4O2. The molecule has 6 heteroatoms. The minimum absolute atomic E-state index is 0.333. The summed E-state index contributed by atoms with van der Waals surface area (Å²) in [4.78, 5) is 0. The molecule has 0 saturated heterocycles. The van der Waals surface area contributed by atoms with Crippen LogP contribution in [0.2, 0.25) is 0 Å². The number of nitrogens with one attached hydrogen (secondary N) is 2. The Kier molecular flexibility index (Phi) is 7.89. The molecular weight excluding hydrogens is 352 g/mol. The van der Waals surface area contributed by atoms with Gasteiger partial charge in [-0.1, -0.05) is 13.0 Å². The predicted molar refractivity (Wildman–Crippen MR) is 115 cm³/mol. The molecule has 4 N–H and O–H groups in total. The molecule has 2 aromatic carbocycles. The molecule has 0 aromatic heterocycles. The van der Waals surface area contributed by atoms with Gasteiger partial charge in [0.2, 0.25) is 0 Å². The quantitative estimate of drug-likeness (QED) is 0.252. The molecule has 2 rings (SSSR count). The van der Waals surface area contributed by atoms with Crippen molar-refractivity contribution in [3.8, 4) is 11.5 Å². The maximum atomic E-state index is 8.19. The number of benzene rings is 2. The van der Waals surface area contributed by atoms with Gasteiger partial charge in [0.25, 0.3) is 0 Å². The van der Waals surface area contributed by atoms with Crippen molar-refractivity contribution < 1.29 is 9.47 Å². The summed E-state index contributed by atoms with van der Waals surface area (Å²) in [5.74, 6) is 7.43. The average molecular weight is 383 g/mol. The first-order valence-corrected chi connectivity index (χ1v) is 9.34. The van der Waals surface area contributed by atoms with Gasteiger partial charge in [-0.2, -0.15) is 0 Å². The van der Waals surface area contributed by atoms with Gasteiger partial charge in [0, 0.05) is 13.6 Å². The van der Waals surface area contributed by atoms with Crippen LogP contribution >= 0.6 is 0 Å². The van der Waals surface area contributed by atoms with Gasteiger partial charge >= 0.3 is 0 Å². The van der Waals surface area contributed by atoms with Crippen LogP contribution in [0.4, 0.5) is 5.69 Å². The third kappa shape index (κ3) is 5.50. The van der Waals surface area contributed by atoms with E-state index in [2.05, 4.69) is 12.2 Å². The number of rotatable bonds is 10. The molecule has 0 heterocycles. The smallest absolute Gasteiger partial charge is 0.127 e. The van der Waals surface area contributed by atoms with Gasteiger partial charge in [-0.25, -0.2) is 5.84 Å². The van der Waals surface area contributed by atoms with Crippen molar-refractivity contribution in [2.24, 2.45) is 5.84 Å². The Morgan fingerprint density at radius 2 is 2.04 bits per heavy atom. The molecule has 0 aliphatic heterocycles. The first-order chi connectivity index (χ1) is 13.5. The Morgan fingerprint density at radius 1 is 1.25 bits per heavy atom. The molecule has 6 nitrogen and oxygen atoms in total. The first-order valence-electron chi connectivity index (χ1n) is 9.34. The Hall–Kier alpha value is -2.99. The van der Waals surface area contributed by atoms with Crippen molar-refractivity contribution in [3.63, 3.8) is 0 Å². The molecule has 0 amide bonds. The van der Waals surface area contributed by atoms with Gasteiger partial charge < -0.3 is 25.2 Å². The van der Waals surface area contributed by atoms with Crippen LogP contribution in [0.15, 0.2) is 48.7 Å². The molecule has 2 aromatic rings. The minimum Gasteiger partial charge on any atom is -0.496 e. The third-order valence-electron chi connectivity index (χ3n) is 4.33. The van der Waals surface area contributed by atoms with Crippen LogP contribution in [0, 0.1) is 12.3 Å². The Balaban J connectivity index is 2.12. The van der Waals surface area contributed by atoms with Gasteiger partial charge in [-0.15, -0.1) is 0 Å². The normalized spacial score (nSPS) is 10.8. The zero-order chi connectivity index (χ0) is 20.5. The zero-order valence-corrected chi connectivity index (χ0v) is 17.1. The van der Waals surface area contributed by atoms with Gasteiger partial charge in [-0.3, -0.25) is 0 Å². The number of anilines is 1. The highest BCUT2D eigenvalue weighted by Crippen LogP contribution is 2.30. The lowest BCUT2D eigenvalue weighted by Crippen LogP contribution is -2.26. The van der Waals surface area contributed by atoms with Crippen LogP contribution in [-0.4, -0.2) is 26.4 Å². The van der Waals surface area contributed by atoms with Crippen LogP contribution in [0.25, 0.3) is 0 Å². The predicted octanol–water partition coefficient (Wildman–Crippen LogP) is 3.77. The highest BCUT2D eigenvalue weighted by molar-refractivity contribution is 6.06. The van der Waals surface area contributed by atoms with Crippen LogP contribution < -0.4 is 25.6 Å². The highest BCUT2D eigenvalue weighted by Gasteiger charge is 2.13. The lowest BCUT2D eigenvalue weighted by Gasteiger charge is -2.20. The summed E-state index contributed by atoms with van der Waals surface area (Å²) in [6, 6.07) is 11.5. The second-order valence-corrected chi connectivity index (χ2v) is 6.54. The Morgan fingerprint density at radius 3 is 2.68 bits per heavy atom. The summed E-state index contributed by atoms with van der Waals surface area (Å²) in [5.41, 5.74) is 4.00. The molecule has 0 unspecified atom stereocenters. The SMILES string of the molecule is CCCN/C=C\C(=N)c1ccc(OCc2c(OC)cccc2N(C)N)c(C)c1. The van der Waals surface area contributed by atoms with Gasteiger partial charge in [0.05, 0.1) is 24.1 Å². The molecule has 0 fully saturated rings. The topological polar surface area (TPSA) is 83.6 Å². The van der Waals surface area contributed by atoms with E-state index in [4.69, 9.17) is 20.7 Å². The number of hydrogen-bond acceptors (Lipinski definition) is 6. The van der Waals surface area contributed by atoms with E-state index in [-0.39, 0.29) is 0 Å². The van der Waals surface area contributed by atoms with E-state index in [9.17, 15) is 0 Å². The fourth-order valence-electron chi connectivity index (χ4n) is 2.82. The second kappa shape index (κ2) is 10.4. The van der Waals surface area contributed by atoms with E-state index in [0.29, 0.717) is 12.3 Å². The summed E-state index contributed by atoms with van der Waals surface area (Å²) < 4.78 is 11.5. The van der Waals surface area contributed by atoms with Crippen molar-refractivity contribution >= 4 is 11.4 Å². The van der Waals surface area contributed by atoms with Gasteiger partial charge in [0.15, 0.2) is 0 Å². The molecule has 0 atom stereocenters. The standard InChI is InChI=1S/C22H30N4O2/c1-5-12-25-13-11-19(23)17-9-10-21(16(2)14-17)28-15-18-20(26(3)24)7-6-8-22(18)27-4/h6-11,13-14,23,25H,5,12,15,24H2,1-4H3/b13-11-,23-19?. The number of allylic oxidation sites excluding steroid dienone is 1. The van der Waals surface area contributed by atoms with Crippen molar-refractivity contribution in [1.82, 2.24) is 5.32 Å². The second-order valence-electron chi connectivity index (χ2n) is 6.54. The fourth-order valence-corrected chi connectivity index (χ4v) is 2.82. The van der Waals surface area contributed by atoms with E-state index in [0.717, 1.165) is 46.8 Å². The summed E-state index contributed by atoms with van der Waals surface area (Å²) in [6.07, 6.45) is 4.64. The van der Waals surface area contributed by atoms with Crippen LogP contribution in [0.1, 0.15) is 30.0 Å². The molecule has 0 saturated carbocycles. The number of nitrogens with two attached hydrogens (primary N) is 1. The highest BCUT2D eigenvalue weighted by atomic mass is 16.5. The number of hydrazine groups is 1. The van der Waals surface area contributed by atoms with Crippen molar-refractivity contribution in [1.29, 1.82) is 5.41 Å². The van der Waals surface area contributed by atoms with Crippen molar-refractivity contribution in [3.05, 3.63) is 65.4 Å². The van der Waals surface area contributed by atoms with Crippen LogP contribution in [-0.2, 0) is 6.61 Å². The summed E-state index contributed by atoms with van der Waals surface area (Å²) >= 11 is 0. The lowest BCUT2D eigenvalue weighted by atomic mass is 10.1. The van der Waals surface area contributed by atoms with Gasteiger partial charge in [0.1, 0.15) is 18.1 Å². The Bertz CT molecular complexity index is 831. The molecule has 0 radical (unpaired) electrons. The number of methoxy groups -OCH3 is 1. The molecule has 0 aliphatic rings. The number of aryl methyl sites for hydroxylation is 1. The number of nitrogens with zero attached hydrogens (tertiary/aromatic N) is 1. The van der Waals surface area contributed by atoms with Crippen LogP contribution in [0.5, 0.6) is 11.5 Å². The van der Waals surface area contributed by atoms with E-state index in [1.807, 2.05) is 49.5 Å². The van der Waals surface area contributed by atoms with E-state index in [1.54, 1.807) is 25.2 Å². The fraction of sp³-hybridized carbons (Fsp3) is 0.318. The molecule has 0 aliphatic carbocycles. The Labute approximate surface area is 167 Å². The number of ether oxygens (including phenoxy) is 2. The monoisotopic (exact) mass is 382 g/mol. The molecule has 0 bridgehead atoms. The average Bonchev–Trinajstić information content (AvgIpc) is 2.69. The van der Waals surface area contributed by atoms with Crippen molar-refractivity contribution in [2.75, 3.05) is 25.7 Å². The maximum Gasteiger partial charge on any atom is 0.127 e. The van der Waals surface area contributed by atoms with E-state index >= 15 is 0 Å².